The number of hydrogen-bond acceptors (Lipinski definition) is 6. The predicted octanol–water partition coefficient (Wildman–Crippen LogP) is 2.30. The fourth-order valence-corrected chi connectivity index (χ4v) is 5.93. The van der Waals surface area contributed by atoms with Crippen LogP contribution in [0.3, 0.4) is 0 Å². The molecule has 1 fully saturated rings. The number of nitrogens with zero attached hydrogens (tertiary/aromatic N) is 2. The zero-order valence-electron chi connectivity index (χ0n) is 25.4. The molecule has 2 aliphatic heterocycles. The topological polar surface area (TPSA) is 123 Å². The molecule has 3 aromatic rings. The molecular weight excluding hydrogens is 592 g/mol. The van der Waals surface area contributed by atoms with Gasteiger partial charge in [-0.3, -0.25) is 19.2 Å². The average molecular weight is 631 g/mol. The second-order valence-corrected chi connectivity index (χ2v) is 11.8. The number of anilines is 1. The maximum atomic E-state index is 14.0. The van der Waals surface area contributed by atoms with Crippen molar-refractivity contribution in [2.24, 2.45) is 0 Å². The molecule has 45 heavy (non-hydrogen) atoms. The van der Waals surface area contributed by atoms with Crippen molar-refractivity contribution in [2.45, 2.75) is 38.4 Å². The smallest absolute Gasteiger partial charge is 0.253 e. The lowest BCUT2D eigenvalue weighted by molar-refractivity contribution is -0.137. The van der Waals surface area contributed by atoms with Crippen molar-refractivity contribution < 1.29 is 19.2 Å². The molecule has 2 aliphatic rings. The molecule has 0 unspecified atom stereocenters. The highest BCUT2D eigenvalue weighted by molar-refractivity contribution is 6.30. The summed E-state index contributed by atoms with van der Waals surface area (Å²) in [7, 11) is 0. The fraction of sp³-hybridized carbons (Fsp3) is 0.353. The highest BCUT2D eigenvalue weighted by atomic mass is 35.5. The van der Waals surface area contributed by atoms with E-state index in [9.17, 15) is 19.2 Å². The van der Waals surface area contributed by atoms with Crippen LogP contribution in [0, 0.1) is 0 Å². The summed E-state index contributed by atoms with van der Waals surface area (Å²) in [6, 6.07) is 21.6. The predicted molar refractivity (Wildman–Crippen MR) is 174 cm³/mol. The summed E-state index contributed by atoms with van der Waals surface area (Å²) in [6.45, 7) is 4.65. The van der Waals surface area contributed by atoms with Crippen LogP contribution in [0.15, 0.2) is 72.8 Å². The number of amides is 4. The van der Waals surface area contributed by atoms with Crippen molar-refractivity contribution in [1.29, 1.82) is 0 Å². The number of piperazine rings is 1. The summed E-state index contributed by atoms with van der Waals surface area (Å²) >= 11 is 6.10. The molecule has 0 radical (unpaired) electrons. The molecule has 0 aromatic heterocycles. The number of carbonyl (C=O) groups is 4. The zero-order valence-corrected chi connectivity index (χ0v) is 26.1. The van der Waals surface area contributed by atoms with Gasteiger partial charge >= 0.3 is 0 Å². The van der Waals surface area contributed by atoms with Crippen LogP contribution in [0.1, 0.15) is 34.0 Å². The van der Waals surface area contributed by atoms with Crippen molar-refractivity contribution >= 4 is 40.9 Å². The number of fused-ring (bicyclic) bond motifs is 1. The van der Waals surface area contributed by atoms with Crippen LogP contribution < -0.4 is 26.2 Å². The van der Waals surface area contributed by atoms with Crippen LogP contribution in [0.2, 0.25) is 5.02 Å². The van der Waals surface area contributed by atoms with Crippen molar-refractivity contribution in [1.82, 2.24) is 26.2 Å². The summed E-state index contributed by atoms with van der Waals surface area (Å²) in [6.07, 6.45) is 0.898. The quantitative estimate of drug-likeness (QED) is 0.255. The molecule has 1 saturated heterocycles. The van der Waals surface area contributed by atoms with E-state index in [1.165, 1.54) is 12.5 Å². The summed E-state index contributed by atoms with van der Waals surface area (Å²) in [5.41, 5.74) is 4.54. The van der Waals surface area contributed by atoms with Crippen molar-refractivity contribution in [3.63, 3.8) is 0 Å². The Morgan fingerprint density at radius 1 is 0.867 bits per heavy atom. The Balaban J connectivity index is 1.24. The summed E-state index contributed by atoms with van der Waals surface area (Å²) in [5.74, 6) is -0.713. The van der Waals surface area contributed by atoms with Gasteiger partial charge in [-0.05, 0) is 47.4 Å². The molecule has 10 nitrogen and oxygen atoms in total. The molecule has 0 bridgehead atoms. The first kappa shape index (κ1) is 32.0. The second-order valence-electron chi connectivity index (χ2n) is 11.4. The van der Waals surface area contributed by atoms with Crippen LogP contribution in [-0.4, -0.2) is 79.9 Å². The number of nitrogens with one attached hydrogen (secondary N) is 4. The molecule has 3 aromatic carbocycles. The second kappa shape index (κ2) is 15.0. The normalized spacial score (nSPS) is 16.7. The maximum Gasteiger partial charge on any atom is 0.253 e. The van der Waals surface area contributed by atoms with Gasteiger partial charge in [-0.25, -0.2) is 0 Å². The van der Waals surface area contributed by atoms with Crippen LogP contribution >= 0.6 is 11.6 Å². The van der Waals surface area contributed by atoms with Crippen molar-refractivity contribution in [2.75, 3.05) is 44.2 Å². The number of para-hydroxylation sites is 1. The fourth-order valence-electron chi connectivity index (χ4n) is 5.81. The van der Waals surface area contributed by atoms with Gasteiger partial charge in [0.25, 0.3) is 5.91 Å². The molecule has 0 spiro atoms. The maximum absolute atomic E-state index is 14.0. The highest BCUT2D eigenvalue weighted by Gasteiger charge is 2.32. The van der Waals surface area contributed by atoms with E-state index in [0.29, 0.717) is 69.2 Å². The largest absolute Gasteiger partial charge is 0.367 e. The average Bonchev–Trinajstić information content (AvgIpc) is 3.06. The SMILES string of the molecule is CC(=O)NCCNC(=O)c1ccccc1N1CCN(C(=O)[C@@H](Cc2ccc(Cl)cc2)NC(=O)[C@@H]2Cc3ccccc3CN2)CC1. The molecule has 4 amide bonds. The molecular formula is C34H39ClN6O4. The van der Waals surface area contributed by atoms with Crippen molar-refractivity contribution in [3.8, 4) is 0 Å². The standard InChI is InChI=1S/C34H39ClN6O4/c1-23(42)36-14-15-37-32(43)28-8-4-5-9-31(28)40-16-18-41(19-17-40)34(45)30(20-24-10-12-27(35)13-11-24)39-33(44)29-21-25-6-2-3-7-26(25)22-38-29/h2-13,29-30,38H,14-22H2,1H3,(H,36,42)(H,37,43)(H,39,44)/t29-,30+/m0/s1. The first-order chi connectivity index (χ1) is 21.8. The molecule has 2 atom stereocenters. The summed E-state index contributed by atoms with van der Waals surface area (Å²) in [5, 5.41) is 12.5. The van der Waals surface area contributed by atoms with E-state index in [4.69, 9.17) is 11.6 Å². The van der Waals surface area contributed by atoms with E-state index in [1.807, 2.05) is 48.5 Å². The Bertz CT molecular complexity index is 1520. The number of carbonyl (C=O) groups excluding carboxylic acids is 4. The Morgan fingerprint density at radius 2 is 1.53 bits per heavy atom. The van der Waals surface area contributed by atoms with Crippen LogP contribution in [-0.2, 0) is 33.8 Å². The van der Waals surface area contributed by atoms with Crippen LogP contribution in [0.25, 0.3) is 0 Å². The van der Waals surface area contributed by atoms with E-state index in [1.54, 1.807) is 23.1 Å². The van der Waals surface area contributed by atoms with Gasteiger partial charge in [-0.1, -0.05) is 60.1 Å². The van der Waals surface area contributed by atoms with E-state index < -0.39 is 12.1 Å². The molecule has 4 N–H and O–H groups in total. The molecule has 0 saturated carbocycles. The van der Waals surface area contributed by atoms with E-state index in [0.717, 1.165) is 16.8 Å². The Morgan fingerprint density at radius 3 is 2.27 bits per heavy atom. The number of halogens is 1. The first-order valence-electron chi connectivity index (χ1n) is 15.3. The van der Waals surface area contributed by atoms with Crippen molar-refractivity contribution in [3.05, 3.63) is 100 Å². The third-order valence-corrected chi connectivity index (χ3v) is 8.48. The van der Waals surface area contributed by atoms with Gasteiger partial charge in [0.1, 0.15) is 6.04 Å². The van der Waals surface area contributed by atoms with Gasteiger partial charge in [0.15, 0.2) is 0 Å². The monoisotopic (exact) mass is 630 g/mol. The minimum Gasteiger partial charge on any atom is -0.367 e. The van der Waals surface area contributed by atoms with Gasteiger partial charge in [-0.15, -0.1) is 0 Å². The lowest BCUT2D eigenvalue weighted by Crippen LogP contribution is -2.58. The minimum absolute atomic E-state index is 0.141. The summed E-state index contributed by atoms with van der Waals surface area (Å²) in [4.78, 5) is 55.4. The molecule has 2 heterocycles. The lowest BCUT2D eigenvalue weighted by atomic mass is 9.95. The van der Waals surface area contributed by atoms with Gasteiger partial charge in [0.2, 0.25) is 17.7 Å². The number of hydrogen-bond donors (Lipinski definition) is 4. The van der Waals surface area contributed by atoms with Crippen LogP contribution in [0.5, 0.6) is 0 Å². The van der Waals surface area contributed by atoms with Gasteiger partial charge in [0, 0.05) is 69.9 Å². The first-order valence-corrected chi connectivity index (χ1v) is 15.7. The van der Waals surface area contributed by atoms with Gasteiger partial charge in [-0.2, -0.15) is 0 Å². The minimum atomic E-state index is -0.745. The highest BCUT2D eigenvalue weighted by Crippen LogP contribution is 2.23. The van der Waals surface area contributed by atoms with E-state index >= 15 is 0 Å². The number of rotatable bonds is 10. The van der Waals surface area contributed by atoms with Gasteiger partial charge < -0.3 is 31.1 Å². The molecule has 236 valence electrons. The Labute approximate surface area is 268 Å². The molecule has 0 aliphatic carbocycles. The molecule has 11 heteroatoms. The molecule has 5 rings (SSSR count). The van der Waals surface area contributed by atoms with Crippen LogP contribution in [0.4, 0.5) is 5.69 Å². The third-order valence-electron chi connectivity index (χ3n) is 8.23. The van der Waals surface area contributed by atoms with E-state index in [2.05, 4.69) is 32.2 Å². The summed E-state index contributed by atoms with van der Waals surface area (Å²) < 4.78 is 0. The Kier molecular flexibility index (Phi) is 10.7. The lowest BCUT2D eigenvalue weighted by Gasteiger charge is -2.38. The zero-order chi connectivity index (χ0) is 31.8. The number of benzene rings is 3. The Hall–Kier alpha value is -4.41. The van der Waals surface area contributed by atoms with E-state index in [-0.39, 0.29) is 23.6 Å². The van der Waals surface area contributed by atoms with Gasteiger partial charge in [0.05, 0.1) is 11.6 Å². The third kappa shape index (κ3) is 8.40.